The molecule has 114 valence electrons. The Labute approximate surface area is 134 Å². The van der Waals surface area contributed by atoms with Crippen LogP contribution in [0, 0.1) is 0 Å². The second-order valence-electron chi connectivity index (χ2n) is 5.29. The zero-order valence-electron chi connectivity index (χ0n) is 12.4. The summed E-state index contributed by atoms with van der Waals surface area (Å²) in [4.78, 5) is 0. The SMILES string of the molecule is C=C(/C=C/c1ccc(O)c(O)c1)c1ccc2ccccc2c1O. The highest BCUT2D eigenvalue weighted by Crippen LogP contribution is 2.33. The number of fused-ring (bicyclic) bond motifs is 1. The van der Waals surface area contributed by atoms with Gasteiger partial charge in [-0.15, -0.1) is 0 Å². The van der Waals surface area contributed by atoms with Crippen molar-refractivity contribution >= 4 is 22.4 Å². The standard InChI is InChI=1S/C20H16O3/c1-13(6-7-14-8-11-18(21)19(22)12-14)16-10-9-15-4-2-3-5-17(15)20(16)23/h2-12,21-23H,1H2/b7-6+. The van der Waals surface area contributed by atoms with E-state index in [9.17, 15) is 15.3 Å². The Bertz CT molecular complexity index is 923. The normalized spacial score (nSPS) is 11.1. The molecule has 0 atom stereocenters. The maximum Gasteiger partial charge on any atom is 0.157 e. The minimum atomic E-state index is -0.175. The van der Waals surface area contributed by atoms with Crippen LogP contribution in [0.4, 0.5) is 0 Å². The van der Waals surface area contributed by atoms with Crippen molar-refractivity contribution in [2.75, 3.05) is 0 Å². The lowest BCUT2D eigenvalue weighted by molar-refractivity contribution is 0.403. The topological polar surface area (TPSA) is 60.7 Å². The molecule has 3 heteroatoms. The van der Waals surface area contributed by atoms with Gasteiger partial charge in [-0.3, -0.25) is 0 Å². The molecule has 0 unspecified atom stereocenters. The highest BCUT2D eigenvalue weighted by atomic mass is 16.3. The minimum absolute atomic E-state index is 0.159. The van der Waals surface area contributed by atoms with Crippen LogP contribution in [-0.2, 0) is 0 Å². The fourth-order valence-electron chi connectivity index (χ4n) is 2.44. The molecule has 0 spiro atoms. The molecule has 0 aliphatic heterocycles. The molecule has 3 aromatic rings. The molecule has 0 heterocycles. The largest absolute Gasteiger partial charge is 0.507 e. The van der Waals surface area contributed by atoms with Crippen LogP contribution in [0.15, 0.2) is 67.3 Å². The average molecular weight is 304 g/mol. The Hall–Kier alpha value is -3.20. The van der Waals surface area contributed by atoms with Gasteiger partial charge in [0.15, 0.2) is 11.5 Å². The number of hydrogen-bond donors (Lipinski definition) is 3. The molecule has 23 heavy (non-hydrogen) atoms. The molecule has 0 aromatic heterocycles. The predicted octanol–water partition coefficient (Wildman–Crippen LogP) is 4.68. The first kappa shape index (κ1) is 14.7. The molecule has 0 amide bonds. The number of phenolic OH excluding ortho intramolecular Hbond substituents is 3. The summed E-state index contributed by atoms with van der Waals surface area (Å²) in [6.45, 7) is 3.99. The maximum absolute atomic E-state index is 10.4. The molecule has 0 aliphatic carbocycles. The molecule has 0 radical (unpaired) electrons. The summed E-state index contributed by atoms with van der Waals surface area (Å²) in [5.41, 5.74) is 2.03. The minimum Gasteiger partial charge on any atom is -0.507 e. The first-order valence-electron chi connectivity index (χ1n) is 7.16. The van der Waals surface area contributed by atoms with E-state index in [1.165, 1.54) is 12.1 Å². The Balaban J connectivity index is 1.92. The second kappa shape index (κ2) is 5.89. The van der Waals surface area contributed by atoms with E-state index in [2.05, 4.69) is 6.58 Å². The van der Waals surface area contributed by atoms with Crippen LogP contribution in [0.25, 0.3) is 22.4 Å². The van der Waals surface area contributed by atoms with Crippen LogP contribution in [0.1, 0.15) is 11.1 Å². The van der Waals surface area contributed by atoms with Gasteiger partial charge in [0.05, 0.1) is 0 Å². The summed E-state index contributed by atoms with van der Waals surface area (Å²) in [6.07, 6.45) is 3.52. The number of allylic oxidation sites excluding steroid dienone is 2. The Morgan fingerprint density at radius 1 is 0.870 bits per heavy atom. The van der Waals surface area contributed by atoms with Gasteiger partial charge in [0.1, 0.15) is 5.75 Å². The molecule has 0 bridgehead atoms. The van der Waals surface area contributed by atoms with Gasteiger partial charge in [-0.05, 0) is 28.7 Å². The van der Waals surface area contributed by atoms with E-state index in [1.807, 2.05) is 36.4 Å². The van der Waals surface area contributed by atoms with E-state index in [-0.39, 0.29) is 17.2 Å². The molecule has 3 aromatic carbocycles. The van der Waals surface area contributed by atoms with Crippen molar-refractivity contribution in [2.24, 2.45) is 0 Å². The Morgan fingerprint density at radius 2 is 1.65 bits per heavy atom. The van der Waals surface area contributed by atoms with E-state index in [0.717, 1.165) is 16.3 Å². The second-order valence-corrected chi connectivity index (χ2v) is 5.29. The zero-order chi connectivity index (χ0) is 16.4. The fourth-order valence-corrected chi connectivity index (χ4v) is 2.44. The summed E-state index contributed by atoms with van der Waals surface area (Å²) in [7, 11) is 0. The van der Waals surface area contributed by atoms with Gasteiger partial charge in [0.2, 0.25) is 0 Å². The molecule has 3 nitrogen and oxygen atoms in total. The monoisotopic (exact) mass is 304 g/mol. The predicted molar refractivity (Wildman–Crippen MR) is 93.5 cm³/mol. The van der Waals surface area contributed by atoms with Crippen LogP contribution in [-0.4, -0.2) is 15.3 Å². The maximum atomic E-state index is 10.4. The van der Waals surface area contributed by atoms with E-state index in [0.29, 0.717) is 11.1 Å². The lowest BCUT2D eigenvalue weighted by atomic mass is 10.00. The quantitative estimate of drug-likeness (QED) is 0.486. The third kappa shape index (κ3) is 2.90. The Kier molecular flexibility index (Phi) is 3.77. The molecule has 0 saturated carbocycles. The van der Waals surface area contributed by atoms with Crippen LogP contribution >= 0.6 is 0 Å². The summed E-state index contributed by atoms with van der Waals surface area (Å²) >= 11 is 0. The number of hydrogen-bond acceptors (Lipinski definition) is 3. The van der Waals surface area contributed by atoms with Gasteiger partial charge in [-0.25, -0.2) is 0 Å². The molecule has 3 rings (SSSR count). The molecule has 3 N–H and O–H groups in total. The molecular weight excluding hydrogens is 288 g/mol. The highest BCUT2D eigenvalue weighted by Gasteiger charge is 2.07. The van der Waals surface area contributed by atoms with Gasteiger partial charge < -0.3 is 15.3 Å². The van der Waals surface area contributed by atoms with Crippen LogP contribution in [0.2, 0.25) is 0 Å². The van der Waals surface area contributed by atoms with E-state index in [1.54, 1.807) is 18.2 Å². The van der Waals surface area contributed by atoms with Gasteiger partial charge in [-0.2, -0.15) is 0 Å². The summed E-state index contributed by atoms with van der Waals surface area (Å²) in [5, 5.41) is 31.0. The van der Waals surface area contributed by atoms with Crippen LogP contribution in [0.3, 0.4) is 0 Å². The first-order valence-corrected chi connectivity index (χ1v) is 7.16. The summed E-state index contributed by atoms with van der Waals surface area (Å²) < 4.78 is 0. The summed E-state index contributed by atoms with van der Waals surface area (Å²) in [5.74, 6) is -0.134. The van der Waals surface area contributed by atoms with Gasteiger partial charge in [0.25, 0.3) is 0 Å². The number of rotatable bonds is 3. The average Bonchev–Trinajstić information content (AvgIpc) is 2.56. The molecule has 0 aliphatic rings. The third-order valence-electron chi connectivity index (χ3n) is 3.72. The van der Waals surface area contributed by atoms with Crippen molar-refractivity contribution in [3.8, 4) is 17.2 Å². The van der Waals surface area contributed by atoms with Crippen molar-refractivity contribution < 1.29 is 15.3 Å². The number of aromatic hydroxyl groups is 3. The molecule has 0 fully saturated rings. The number of benzene rings is 3. The summed E-state index contributed by atoms with van der Waals surface area (Å²) in [6, 6.07) is 15.9. The molecule has 0 saturated heterocycles. The zero-order valence-corrected chi connectivity index (χ0v) is 12.4. The lowest BCUT2D eigenvalue weighted by Crippen LogP contribution is -1.83. The van der Waals surface area contributed by atoms with Crippen molar-refractivity contribution in [3.05, 3.63) is 78.4 Å². The van der Waals surface area contributed by atoms with E-state index < -0.39 is 0 Å². The highest BCUT2D eigenvalue weighted by molar-refractivity contribution is 5.94. The van der Waals surface area contributed by atoms with Gasteiger partial charge in [0, 0.05) is 10.9 Å². The van der Waals surface area contributed by atoms with Gasteiger partial charge in [-0.1, -0.05) is 61.2 Å². The van der Waals surface area contributed by atoms with Crippen molar-refractivity contribution in [1.82, 2.24) is 0 Å². The van der Waals surface area contributed by atoms with Gasteiger partial charge >= 0.3 is 0 Å². The first-order chi connectivity index (χ1) is 11.1. The fraction of sp³-hybridized carbons (Fsp3) is 0. The van der Waals surface area contributed by atoms with E-state index >= 15 is 0 Å². The van der Waals surface area contributed by atoms with Crippen molar-refractivity contribution in [1.29, 1.82) is 0 Å². The lowest BCUT2D eigenvalue weighted by Gasteiger charge is -2.08. The number of phenols is 3. The van der Waals surface area contributed by atoms with Crippen molar-refractivity contribution in [3.63, 3.8) is 0 Å². The Morgan fingerprint density at radius 3 is 2.43 bits per heavy atom. The van der Waals surface area contributed by atoms with E-state index in [4.69, 9.17) is 0 Å². The third-order valence-corrected chi connectivity index (χ3v) is 3.72. The van der Waals surface area contributed by atoms with Crippen LogP contribution in [0.5, 0.6) is 17.2 Å². The molecular formula is C20H16O3. The smallest absolute Gasteiger partial charge is 0.157 e. The van der Waals surface area contributed by atoms with Crippen LogP contribution < -0.4 is 0 Å². The van der Waals surface area contributed by atoms with Crippen molar-refractivity contribution in [2.45, 2.75) is 0 Å².